The van der Waals surface area contributed by atoms with Crippen LogP contribution < -0.4 is 0 Å². The van der Waals surface area contributed by atoms with Crippen molar-refractivity contribution < 1.29 is 4.79 Å². The maximum absolute atomic E-state index is 10.7. The van der Waals surface area contributed by atoms with Gasteiger partial charge in [0, 0.05) is 21.6 Å². The molecular formula is C14H15NOS2. The number of hydrogen-bond acceptors (Lipinski definition) is 4. The van der Waals surface area contributed by atoms with Crippen molar-refractivity contribution in [2.24, 2.45) is 0 Å². The van der Waals surface area contributed by atoms with Crippen LogP contribution in [0.25, 0.3) is 0 Å². The van der Waals surface area contributed by atoms with Gasteiger partial charge in [-0.3, -0.25) is 4.79 Å². The molecule has 0 aliphatic heterocycles. The van der Waals surface area contributed by atoms with Gasteiger partial charge in [0.1, 0.15) is 6.29 Å². The molecule has 1 aromatic heterocycles. The summed E-state index contributed by atoms with van der Waals surface area (Å²) in [5.41, 5.74) is 1.86. The van der Waals surface area contributed by atoms with Gasteiger partial charge in [-0.05, 0) is 25.0 Å². The maximum atomic E-state index is 10.7. The number of thioether (sulfide) groups is 1. The smallest absolute Gasteiger partial charge is 0.150 e. The molecule has 0 atom stereocenters. The molecule has 0 N–H and O–H groups in total. The summed E-state index contributed by atoms with van der Waals surface area (Å²) in [5.74, 6) is 0.864. The summed E-state index contributed by atoms with van der Waals surface area (Å²) < 4.78 is 0. The van der Waals surface area contributed by atoms with Crippen LogP contribution in [0, 0.1) is 0 Å². The molecule has 0 aliphatic carbocycles. The molecule has 0 unspecified atom stereocenters. The van der Waals surface area contributed by atoms with Crippen LogP contribution in [0.15, 0.2) is 34.5 Å². The fraction of sp³-hybridized carbons (Fsp3) is 0.286. The van der Waals surface area contributed by atoms with Crippen LogP contribution in [0.1, 0.15) is 34.4 Å². The van der Waals surface area contributed by atoms with Crippen molar-refractivity contribution in [1.82, 2.24) is 4.98 Å². The highest BCUT2D eigenvalue weighted by Crippen LogP contribution is 2.24. The number of aryl methyl sites for hydroxylation is 1. The van der Waals surface area contributed by atoms with E-state index in [1.165, 1.54) is 5.01 Å². The Hall–Kier alpha value is -1.13. The Labute approximate surface area is 115 Å². The second-order valence-corrected chi connectivity index (χ2v) is 5.95. The lowest BCUT2D eigenvalue weighted by atomic mass is 10.2. The fourth-order valence-corrected chi connectivity index (χ4v) is 3.44. The Morgan fingerprint density at radius 1 is 1.44 bits per heavy atom. The molecule has 18 heavy (non-hydrogen) atoms. The third-order valence-electron chi connectivity index (χ3n) is 2.44. The highest BCUT2D eigenvalue weighted by molar-refractivity contribution is 7.98. The van der Waals surface area contributed by atoms with E-state index in [1.807, 2.05) is 24.3 Å². The molecule has 1 aromatic carbocycles. The first kappa shape index (κ1) is 13.3. The van der Waals surface area contributed by atoms with E-state index in [0.717, 1.165) is 41.0 Å². The minimum absolute atomic E-state index is 0.727. The molecule has 0 spiro atoms. The summed E-state index contributed by atoms with van der Waals surface area (Å²) >= 11 is 3.46. The van der Waals surface area contributed by atoms with Crippen molar-refractivity contribution >= 4 is 29.4 Å². The monoisotopic (exact) mass is 277 g/mol. The first-order valence-electron chi connectivity index (χ1n) is 5.93. The van der Waals surface area contributed by atoms with E-state index in [2.05, 4.69) is 17.3 Å². The first-order chi connectivity index (χ1) is 8.81. The predicted molar refractivity (Wildman–Crippen MR) is 77.5 cm³/mol. The molecule has 0 radical (unpaired) electrons. The molecule has 1 heterocycles. The molecule has 0 aliphatic rings. The Balaban J connectivity index is 1.95. The summed E-state index contributed by atoms with van der Waals surface area (Å²) in [6, 6.07) is 7.67. The van der Waals surface area contributed by atoms with Crippen LogP contribution in [-0.2, 0) is 12.2 Å². The number of benzene rings is 1. The molecule has 2 nitrogen and oxygen atoms in total. The van der Waals surface area contributed by atoms with E-state index >= 15 is 0 Å². The molecule has 94 valence electrons. The van der Waals surface area contributed by atoms with Gasteiger partial charge in [-0.25, -0.2) is 4.98 Å². The van der Waals surface area contributed by atoms with Crippen LogP contribution in [-0.4, -0.2) is 11.3 Å². The van der Waals surface area contributed by atoms with Gasteiger partial charge >= 0.3 is 0 Å². The molecule has 2 rings (SSSR count). The summed E-state index contributed by atoms with van der Waals surface area (Å²) in [6.45, 7) is 2.17. The van der Waals surface area contributed by atoms with Gasteiger partial charge in [0.05, 0.1) is 10.7 Å². The number of thiazole rings is 1. The Kier molecular flexibility index (Phi) is 4.96. The van der Waals surface area contributed by atoms with Gasteiger partial charge in [-0.1, -0.05) is 19.1 Å². The Morgan fingerprint density at radius 3 is 3.11 bits per heavy atom. The van der Waals surface area contributed by atoms with E-state index in [1.54, 1.807) is 23.1 Å². The second kappa shape index (κ2) is 6.71. The minimum atomic E-state index is 0.727. The quantitative estimate of drug-likeness (QED) is 0.585. The molecule has 0 fully saturated rings. The van der Waals surface area contributed by atoms with Crippen LogP contribution in [0.4, 0.5) is 0 Å². The zero-order valence-electron chi connectivity index (χ0n) is 10.3. The lowest BCUT2D eigenvalue weighted by molar-refractivity contribution is 0.112. The van der Waals surface area contributed by atoms with E-state index < -0.39 is 0 Å². The van der Waals surface area contributed by atoms with Gasteiger partial charge < -0.3 is 0 Å². The topological polar surface area (TPSA) is 30.0 Å². The molecule has 0 bridgehead atoms. The Bertz CT molecular complexity index is 522. The standard InChI is InChI=1S/C14H15NOS2/c1-2-4-14-15-12(10-18-14)9-17-13-6-3-5-11(7-13)8-16/h3,5-8,10H,2,4,9H2,1H3. The largest absolute Gasteiger partial charge is 0.298 e. The summed E-state index contributed by atoms with van der Waals surface area (Å²) in [7, 11) is 0. The molecule has 0 saturated carbocycles. The number of carbonyl (C=O) groups excluding carboxylic acids is 1. The van der Waals surface area contributed by atoms with E-state index in [4.69, 9.17) is 0 Å². The second-order valence-electron chi connectivity index (χ2n) is 3.96. The summed E-state index contributed by atoms with van der Waals surface area (Å²) in [4.78, 5) is 16.4. The number of carbonyl (C=O) groups is 1. The van der Waals surface area contributed by atoms with Gasteiger partial charge in [0.15, 0.2) is 0 Å². The van der Waals surface area contributed by atoms with Gasteiger partial charge in [-0.15, -0.1) is 23.1 Å². The zero-order chi connectivity index (χ0) is 12.8. The number of hydrogen-bond donors (Lipinski definition) is 0. The van der Waals surface area contributed by atoms with Crippen molar-refractivity contribution in [3.8, 4) is 0 Å². The lowest BCUT2D eigenvalue weighted by Gasteiger charge is -2.00. The van der Waals surface area contributed by atoms with Gasteiger partial charge in [0.2, 0.25) is 0 Å². The summed E-state index contributed by atoms with van der Waals surface area (Å²) in [5, 5.41) is 3.34. The van der Waals surface area contributed by atoms with Crippen molar-refractivity contribution in [3.05, 3.63) is 45.9 Å². The average Bonchev–Trinajstić information content (AvgIpc) is 2.85. The third-order valence-corrected chi connectivity index (χ3v) is 4.43. The third kappa shape index (κ3) is 3.68. The maximum Gasteiger partial charge on any atom is 0.150 e. The normalized spacial score (nSPS) is 10.5. The SMILES string of the molecule is CCCc1nc(CSc2cccc(C=O)c2)cs1. The van der Waals surface area contributed by atoms with E-state index in [9.17, 15) is 4.79 Å². The molecule has 2 aromatic rings. The highest BCUT2D eigenvalue weighted by Gasteiger charge is 2.03. The van der Waals surface area contributed by atoms with Crippen LogP contribution in [0.2, 0.25) is 0 Å². The number of aldehydes is 1. The molecule has 0 amide bonds. The van der Waals surface area contributed by atoms with E-state index in [-0.39, 0.29) is 0 Å². The van der Waals surface area contributed by atoms with Crippen molar-refractivity contribution in [2.45, 2.75) is 30.4 Å². The predicted octanol–water partition coefficient (Wildman–Crippen LogP) is 4.20. The van der Waals surface area contributed by atoms with Gasteiger partial charge in [-0.2, -0.15) is 0 Å². The van der Waals surface area contributed by atoms with Crippen molar-refractivity contribution in [2.75, 3.05) is 0 Å². The Morgan fingerprint density at radius 2 is 2.33 bits per heavy atom. The first-order valence-corrected chi connectivity index (χ1v) is 7.79. The zero-order valence-corrected chi connectivity index (χ0v) is 11.9. The van der Waals surface area contributed by atoms with E-state index in [0.29, 0.717) is 0 Å². The van der Waals surface area contributed by atoms with Crippen molar-refractivity contribution in [3.63, 3.8) is 0 Å². The number of nitrogens with zero attached hydrogens (tertiary/aromatic N) is 1. The number of rotatable bonds is 6. The lowest BCUT2D eigenvalue weighted by Crippen LogP contribution is -1.85. The van der Waals surface area contributed by atoms with Crippen molar-refractivity contribution in [1.29, 1.82) is 0 Å². The fourth-order valence-electron chi connectivity index (χ4n) is 1.58. The molecule has 4 heteroatoms. The molecular weight excluding hydrogens is 262 g/mol. The van der Waals surface area contributed by atoms with Crippen LogP contribution in [0.5, 0.6) is 0 Å². The highest BCUT2D eigenvalue weighted by atomic mass is 32.2. The average molecular weight is 277 g/mol. The molecule has 0 saturated heterocycles. The number of aromatic nitrogens is 1. The minimum Gasteiger partial charge on any atom is -0.298 e. The van der Waals surface area contributed by atoms with Crippen LogP contribution in [0.3, 0.4) is 0 Å². The van der Waals surface area contributed by atoms with Gasteiger partial charge in [0.25, 0.3) is 0 Å². The summed E-state index contributed by atoms with van der Waals surface area (Å²) in [6.07, 6.45) is 3.09. The van der Waals surface area contributed by atoms with Crippen LogP contribution >= 0.6 is 23.1 Å².